The average molecular weight is 371 g/mol. The zero-order chi connectivity index (χ0) is 19.2. The van der Waals surface area contributed by atoms with E-state index in [0.717, 1.165) is 42.5 Å². The molecule has 0 aliphatic carbocycles. The highest BCUT2D eigenvalue weighted by Gasteiger charge is 2.26. The lowest BCUT2D eigenvalue weighted by Crippen LogP contribution is -2.39. The number of guanidine groups is 1. The summed E-state index contributed by atoms with van der Waals surface area (Å²) in [7, 11) is 5.46. The highest BCUT2D eigenvalue weighted by Crippen LogP contribution is 2.29. The third kappa shape index (κ3) is 4.53. The van der Waals surface area contributed by atoms with E-state index < -0.39 is 0 Å². The Hall–Kier alpha value is -2.70. The van der Waals surface area contributed by atoms with Crippen LogP contribution in [0.15, 0.2) is 35.6 Å². The summed E-state index contributed by atoms with van der Waals surface area (Å²) in [5.74, 6) is 2.95. The number of aryl methyl sites for hydroxylation is 1. The molecule has 0 amide bonds. The van der Waals surface area contributed by atoms with E-state index >= 15 is 0 Å². The van der Waals surface area contributed by atoms with Crippen molar-refractivity contribution in [1.82, 2.24) is 20.0 Å². The number of benzene rings is 1. The van der Waals surface area contributed by atoms with Gasteiger partial charge in [-0.25, -0.2) is 0 Å². The molecule has 1 saturated heterocycles. The maximum atomic E-state index is 5.58. The first-order chi connectivity index (χ1) is 13.1. The molecule has 3 rings (SSSR count). The van der Waals surface area contributed by atoms with Crippen molar-refractivity contribution in [3.63, 3.8) is 0 Å². The van der Waals surface area contributed by atoms with E-state index in [2.05, 4.69) is 32.6 Å². The summed E-state index contributed by atoms with van der Waals surface area (Å²) in [5.41, 5.74) is 2.42. The maximum absolute atomic E-state index is 5.58. The van der Waals surface area contributed by atoms with Crippen molar-refractivity contribution in [1.29, 1.82) is 0 Å². The summed E-state index contributed by atoms with van der Waals surface area (Å²) in [6.45, 7) is 5.22. The maximum Gasteiger partial charge on any atom is 0.193 e. The summed E-state index contributed by atoms with van der Waals surface area (Å²) >= 11 is 0. The molecule has 7 heteroatoms. The summed E-state index contributed by atoms with van der Waals surface area (Å²) in [5, 5.41) is 7.76. The number of aliphatic imine (C=N–C) groups is 1. The first-order valence-electron chi connectivity index (χ1n) is 9.38. The Morgan fingerprint density at radius 2 is 2.22 bits per heavy atom. The van der Waals surface area contributed by atoms with Crippen molar-refractivity contribution in [2.45, 2.75) is 25.8 Å². The molecule has 0 bridgehead atoms. The molecule has 1 atom stereocenters. The SMILES string of the molecule is CCOc1ccc(CNC(=NC)N2CCC(c3cnn(C)c3)C2)cc1OC. The van der Waals surface area contributed by atoms with E-state index in [1.54, 1.807) is 7.11 Å². The van der Waals surface area contributed by atoms with Crippen molar-refractivity contribution in [2.24, 2.45) is 12.0 Å². The molecular weight excluding hydrogens is 342 g/mol. The number of hydrogen-bond acceptors (Lipinski definition) is 4. The van der Waals surface area contributed by atoms with Crippen LogP contribution in [0.3, 0.4) is 0 Å². The summed E-state index contributed by atoms with van der Waals surface area (Å²) in [6, 6.07) is 6.01. The van der Waals surface area contributed by atoms with E-state index in [1.807, 2.05) is 44.0 Å². The van der Waals surface area contributed by atoms with Crippen molar-refractivity contribution in [2.75, 3.05) is 33.9 Å². The lowest BCUT2D eigenvalue weighted by Gasteiger charge is -2.22. The van der Waals surface area contributed by atoms with Gasteiger partial charge in [-0.2, -0.15) is 5.10 Å². The zero-order valence-corrected chi connectivity index (χ0v) is 16.6. The number of nitrogens with zero attached hydrogens (tertiary/aromatic N) is 4. The molecule has 0 radical (unpaired) electrons. The molecule has 1 unspecified atom stereocenters. The molecule has 1 aromatic carbocycles. The molecule has 2 aromatic rings. The molecule has 0 spiro atoms. The lowest BCUT2D eigenvalue weighted by molar-refractivity contribution is 0.310. The Labute approximate surface area is 161 Å². The molecule has 1 aromatic heterocycles. The minimum Gasteiger partial charge on any atom is -0.493 e. The number of ether oxygens (including phenoxy) is 2. The largest absolute Gasteiger partial charge is 0.493 e. The first-order valence-corrected chi connectivity index (χ1v) is 9.38. The van der Waals surface area contributed by atoms with Gasteiger partial charge < -0.3 is 19.7 Å². The van der Waals surface area contributed by atoms with Crippen molar-refractivity contribution in [3.05, 3.63) is 41.7 Å². The fourth-order valence-electron chi connectivity index (χ4n) is 3.49. The predicted molar refractivity (Wildman–Crippen MR) is 107 cm³/mol. The van der Waals surface area contributed by atoms with Crippen LogP contribution < -0.4 is 14.8 Å². The molecule has 1 aliphatic rings. The van der Waals surface area contributed by atoms with Gasteiger partial charge in [0.05, 0.1) is 19.9 Å². The molecule has 7 nitrogen and oxygen atoms in total. The van der Waals surface area contributed by atoms with E-state index in [-0.39, 0.29) is 0 Å². The predicted octanol–water partition coefficient (Wildman–Crippen LogP) is 2.39. The number of rotatable bonds is 6. The average Bonchev–Trinajstić information content (AvgIpc) is 3.32. The van der Waals surface area contributed by atoms with Gasteiger partial charge in [-0.3, -0.25) is 9.67 Å². The Bertz CT molecular complexity index is 786. The van der Waals surface area contributed by atoms with Crippen molar-refractivity contribution >= 4 is 5.96 Å². The Morgan fingerprint density at radius 3 is 2.89 bits per heavy atom. The van der Waals surface area contributed by atoms with E-state index in [1.165, 1.54) is 5.56 Å². The third-order valence-corrected chi connectivity index (χ3v) is 4.87. The quantitative estimate of drug-likeness (QED) is 0.624. The van der Waals surface area contributed by atoms with Crippen LogP contribution in [0.5, 0.6) is 11.5 Å². The van der Waals surface area contributed by atoms with Gasteiger partial charge in [0.15, 0.2) is 17.5 Å². The third-order valence-electron chi connectivity index (χ3n) is 4.87. The molecule has 1 N–H and O–H groups in total. The van der Waals surface area contributed by atoms with Crippen LogP contribution in [-0.2, 0) is 13.6 Å². The number of hydrogen-bond donors (Lipinski definition) is 1. The van der Waals surface area contributed by atoms with Crippen LogP contribution in [0.25, 0.3) is 0 Å². The normalized spacial score (nSPS) is 17.3. The standard InChI is InChI=1S/C20H29N5O2/c1-5-27-18-7-6-15(10-19(18)26-4)11-22-20(21-2)25-9-8-16(14-25)17-12-23-24(3)13-17/h6-7,10,12-13,16H,5,8-9,11,14H2,1-4H3,(H,21,22). The smallest absolute Gasteiger partial charge is 0.193 e. The molecule has 0 saturated carbocycles. The monoisotopic (exact) mass is 371 g/mol. The van der Waals surface area contributed by atoms with Crippen molar-refractivity contribution in [3.8, 4) is 11.5 Å². The van der Waals surface area contributed by atoms with Gasteiger partial charge in [-0.15, -0.1) is 0 Å². The molecular formula is C20H29N5O2. The van der Waals surface area contributed by atoms with Gasteiger partial charge in [0.25, 0.3) is 0 Å². The number of nitrogens with one attached hydrogen (secondary N) is 1. The van der Waals surface area contributed by atoms with Gasteiger partial charge in [-0.1, -0.05) is 6.07 Å². The van der Waals surface area contributed by atoms with Gasteiger partial charge in [0, 0.05) is 45.8 Å². The minimum atomic E-state index is 0.503. The first kappa shape index (κ1) is 19.1. The van der Waals surface area contributed by atoms with Crippen LogP contribution in [-0.4, -0.2) is 54.5 Å². The van der Waals surface area contributed by atoms with Crippen LogP contribution in [0.4, 0.5) is 0 Å². The Kier molecular flexibility index (Phi) is 6.21. The fraction of sp³-hybridized carbons (Fsp3) is 0.500. The van der Waals surface area contributed by atoms with Crippen LogP contribution in [0, 0.1) is 0 Å². The van der Waals surface area contributed by atoms with Crippen LogP contribution in [0.1, 0.15) is 30.4 Å². The minimum absolute atomic E-state index is 0.503. The van der Waals surface area contributed by atoms with Crippen LogP contribution >= 0.6 is 0 Å². The highest BCUT2D eigenvalue weighted by atomic mass is 16.5. The zero-order valence-electron chi connectivity index (χ0n) is 16.6. The fourth-order valence-corrected chi connectivity index (χ4v) is 3.49. The van der Waals surface area contributed by atoms with Gasteiger partial charge >= 0.3 is 0 Å². The van der Waals surface area contributed by atoms with Crippen molar-refractivity contribution < 1.29 is 9.47 Å². The Morgan fingerprint density at radius 1 is 1.37 bits per heavy atom. The van der Waals surface area contributed by atoms with Gasteiger partial charge in [0.2, 0.25) is 0 Å². The molecule has 1 aliphatic heterocycles. The summed E-state index contributed by atoms with van der Waals surface area (Å²) in [4.78, 5) is 6.77. The topological polar surface area (TPSA) is 63.9 Å². The molecule has 27 heavy (non-hydrogen) atoms. The number of aromatic nitrogens is 2. The number of likely N-dealkylation sites (tertiary alicyclic amines) is 1. The van der Waals surface area contributed by atoms with E-state index in [0.29, 0.717) is 19.1 Å². The van der Waals surface area contributed by atoms with Gasteiger partial charge in [0.1, 0.15) is 0 Å². The summed E-state index contributed by atoms with van der Waals surface area (Å²) in [6.07, 6.45) is 5.19. The van der Waals surface area contributed by atoms with E-state index in [4.69, 9.17) is 9.47 Å². The van der Waals surface area contributed by atoms with Gasteiger partial charge in [-0.05, 0) is 36.6 Å². The highest BCUT2D eigenvalue weighted by molar-refractivity contribution is 5.80. The second kappa shape index (κ2) is 8.79. The van der Waals surface area contributed by atoms with Crippen LogP contribution in [0.2, 0.25) is 0 Å². The second-order valence-corrected chi connectivity index (χ2v) is 6.70. The molecule has 146 valence electrons. The summed E-state index contributed by atoms with van der Waals surface area (Å²) < 4.78 is 12.9. The molecule has 2 heterocycles. The van der Waals surface area contributed by atoms with E-state index in [9.17, 15) is 0 Å². The lowest BCUT2D eigenvalue weighted by atomic mass is 10.0. The second-order valence-electron chi connectivity index (χ2n) is 6.70. The number of methoxy groups -OCH3 is 1. The Balaban J connectivity index is 1.60. The molecule has 1 fully saturated rings.